The van der Waals surface area contributed by atoms with E-state index in [1.807, 2.05) is 0 Å². The molecule has 0 aromatic carbocycles. The number of rotatable bonds is 9. The van der Waals surface area contributed by atoms with Crippen molar-refractivity contribution < 1.29 is 19.2 Å². The van der Waals surface area contributed by atoms with Gasteiger partial charge in [0.15, 0.2) is 0 Å². The van der Waals surface area contributed by atoms with E-state index in [1.165, 1.54) is 13.8 Å². The second kappa shape index (κ2) is 9.32. The lowest BCUT2D eigenvalue weighted by Crippen LogP contribution is -2.29. The summed E-state index contributed by atoms with van der Waals surface area (Å²) in [7, 11) is 0. The van der Waals surface area contributed by atoms with E-state index >= 15 is 0 Å². The monoisotopic (exact) mass is 256 g/mol. The summed E-state index contributed by atoms with van der Waals surface area (Å²) in [6.45, 7) is 2.91. The van der Waals surface area contributed by atoms with Crippen LogP contribution in [-0.2, 0) is 19.2 Å². The number of carbonyl (C=O) groups is 4. The summed E-state index contributed by atoms with van der Waals surface area (Å²) in [6.07, 6.45) is 1.76. The SMILES string of the molecule is CC(=O)CNC(=O)CCCCC(=O)NCC(C)=O. The molecule has 2 N–H and O–H groups in total. The van der Waals surface area contributed by atoms with Crippen molar-refractivity contribution in [2.45, 2.75) is 39.5 Å². The van der Waals surface area contributed by atoms with E-state index in [2.05, 4.69) is 10.6 Å². The molecule has 0 aliphatic carbocycles. The minimum Gasteiger partial charge on any atom is -0.349 e. The Kier molecular flexibility index (Phi) is 8.43. The van der Waals surface area contributed by atoms with Gasteiger partial charge < -0.3 is 10.6 Å². The Hall–Kier alpha value is -1.72. The number of hydrogen-bond acceptors (Lipinski definition) is 4. The lowest BCUT2D eigenvalue weighted by atomic mass is 10.2. The first-order valence-corrected chi connectivity index (χ1v) is 5.94. The first-order valence-electron chi connectivity index (χ1n) is 5.94. The third-order valence-electron chi connectivity index (χ3n) is 2.13. The van der Waals surface area contributed by atoms with Crippen LogP contribution in [0.5, 0.6) is 0 Å². The molecule has 0 unspecified atom stereocenters. The fourth-order valence-electron chi connectivity index (χ4n) is 1.19. The number of Topliss-reactive ketones (excluding diaryl/α,β-unsaturated/α-hetero) is 2. The van der Waals surface area contributed by atoms with Gasteiger partial charge in [-0.2, -0.15) is 0 Å². The highest BCUT2D eigenvalue weighted by Gasteiger charge is 2.05. The van der Waals surface area contributed by atoms with E-state index in [4.69, 9.17) is 0 Å². The smallest absolute Gasteiger partial charge is 0.220 e. The number of carbonyl (C=O) groups excluding carboxylic acids is 4. The maximum Gasteiger partial charge on any atom is 0.220 e. The van der Waals surface area contributed by atoms with Crippen LogP contribution in [0.25, 0.3) is 0 Å². The average molecular weight is 256 g/mol. The van der Waals surface area contributed by atoms with Gasteiger partial charge in [0.25, 0.3) is 0 Å². The molecule has 0 fully saturated rings. The van der Waals surface area contributed by atoms with Gasteiger partial charge in [-0.3, -0.25) is 19.2 Å². The highest BCUT2D eigenvalue weighted by atomic mass is 16.2. The van der Waals surface area contributed by atoms with Gasteiger partial charge in [-0.1, -0.05) is 0 Å². The highest BCUT2D eigenvalue weighted by Crippen LogP contribution is 1.99. The van der Waals surface area contributed by atoms with Gasteiger partial charge in [-0.05, 0) is 26.7 Å². The molecule has 6 heteroatoms. The number of nitrogens with one attached hydrogen (secondary N) is 2. The Balaban J connectivity index is 3.49. The van der Waals surface area contributed by atoms with Crippen molar-refractivity contribution in [3.63, 3.8) is 0 Å². The van der Waals surface area contributed by atoms with Crippen LogP contribution >= 0.6 is 0 Å². The Morgan fingerprint density at radius 3 is 1.33 bits per heavy atom. The van der Waals surface area contributed by atoms with Gasteiger partial charge >= 0.3 is 0 Å². The quantitative estimate of drug-likeness (QED) is 0.566. The summed E-state index contributed by atoms with van der Waals surface area (Å²) < 4.78 is 0. The lowest BCUT2D eigenvalue weighted by molar-refractivity contribution is -0.125. The Morgan fingerprint density at radius 2 is 1.06 bits per heavy atom. The summed E-state index contributed by atoms with van der Waals surface area (Å²) >= 11 is 0. The van der Waals surface area contributed by atoms with Crippen molar-refractivity contribution in [1.82, 2.24) is 10.6 Å². The summed E-state index contributed by atoms with van der Waals surface area (Å²) in [6, 6.07) is 0. The zero-order valence-electron chi connectivity index (χ0n) is 10.9. The molecule has 0 aliphatic heterocycles. The maximum absolute atomic E-state index is 11.2. The van der Waals surface area contributed by atoms with Crippen LogP contribution in [0.4, 0.5) is 0 Å². The van der Waals surface area contributed by atoms with Crippen LogP contribution in [0.2, 0.25) is 0 Å². The standard InChI is InChI=1S/C12H20N2O4/c1-9(15)7-13-11(17)5-3-4-6-12(18)14-8-10(2)16/h3-8H2,1-2H3,(H,13,17)(H,14,18). The minimum absolute atomic E-state index is 0.0535. The molecule has 0 aromatic heterocycles. The molecule has 102 valence electrons. The zero-order chi connectivity index (χ0) is 14.0. The first-order chi connectivity index (χ1) is 8.41. The number of amides is 2. The van der Waals surface area contributed by atoms with E-state index < -0.39 is 0 Å². The van der Waals surface area contributed by atoms with E-state index in [9.17, 15) is 19.2 Å². The lowest BCUT2D eigenvalue weighted by Gasteiger charge is -2.04. The fourth-order valence-corrected chi connectivity index (χ4v) is 1.19. The number of ketones is 2. The molecule has 0 saturated carbocycles. The van der Waals surface area contributed by atoms with Gasteiger partial charge in [0.1, 0.15) is 11.6 Å². The van der Waals surface area contributed by atoms with Crippen LogP contribution in [0, 0.1) is 0 Å². The van der Waals surface area contributed by atoms with Gasteiger partial charge in [0, 0.05) is 12.8 Å². The summed E-state index contributed by atoms with van der Waals surface area (Å²) in [5.74, 6) is -0.553. The third kappa shape index (κ3) is 10.8. The van der Waals surface area contributed by atoms with Crippen LogP contribution in [0.3, 0.4) is 0 Å². The van der Waals surface area contributed by atoms with Crippen LogP contribution in [0.1, 0.15) is 39.5 Å². The van der Waals surface area contributed by atoms with Crippen molar-refractivity contribution in [1.29, 1.82) is 0 Å². The van der Waals surface area contributed by atoms with E-state index in [1.54, 1.807) is 0 Å². The van der Waals surface area contributed by atoms with Crippen molar-refractivity contribution in [2.75, 3.05) is 13.1 Å². The molecule has 18 heavy (non-hydrogen) atoms. The molecule has 6 nitrogen and oxygen atoms in total. The fraction of sp³-hybridized carbons (Fsp3) is 0.667. The molecule has 0 aliphatic rings. The van der Waals surface area contributed by atoms with Crippen molar-refractivity contribution in [2.24, 2.45) is 0 Å². The molecular formula is C12H20N2O4. The topological polar surface area (TPSA) is 92.3 Å². The van der Waals surface area contributed by atoms with E-state index in [0.717, 1.165) is 0 Å². The molecule has 2 amide bonds. The molecule has 0 aromatic rings. The first kappa shape index (κ1) is 16.3. The molecule has 0 radical (unpaired) electrons. The second-order valence-corrected chi connectivity index (χ2v) is 4.16. The average Bonchev–Trinajstić information content (AvgIpc) is 2.29. The van der Waals surface area contributed by atoms with Gasteiger partial charge in [0.2, 0.25) is 11.8 Å². The normalized spacial score (nSPS) is 9.67. The van der Waals surface area contributed by atoms with E-state index in [-0.39, 0.29) is 36.5 Å². The van der Waals surface area contributed by atoms with Crippen LogP contribution in [-0.4, -0.2) is 36.5 Å². The summed E-state index contributed by atoms with van der Waals surface area (Å²) in [5.41, 5.74) is 0. The van der Waals surface area contributed by atoms with Crippen LogP contribution in [0.15, 0.2) is 0 Å². The van der Waals surface area contributed by atoms with Gasteiger partial charge in [0.05, 0.1) is 13.1 Å². The van der Waals surface area contributed by atoms with Crippen molar-refractivity contribution in [3.05, 3.63) is 0 Å². The molecule has 0 bridgehead atoms. The largest absolute Gasteiger partial charge is 0.349 e. The zero-order valence-corrected chi connectivity index (χ0v) is 10.9. The predicted molar refractivity (Wildman–Crippen MR) is 65.8 cm³/mol. The van der Waals surface area contributed by atoms with Gasteiger partial charge in [-0.15, -0.1) is 0 Å². The second-order valence-electron chi connectivity index (χ2n) is 4.16. The summed E-state index contributed by atoms with van der Waals surface area (Å²) in [5, 5.41) is 4.95. The molecule has 0 rings (SSSR count). The van der Waals surface area contributed by atoms with Crippen LogP contribution < -0.4 is 10.6 Å². The molecule has 0 saturated heterocycles. The number of hydrogen-bond donors (Lipinski definition) is 2. The Bertz CT molecular complexity index is 294. The number of unbranched alkanes of at least 4 members (excludes halogenated alkanes) is 1. The predicted octanol–water partition coefficient (Wildman–Crippen LogP) is -0.0428. The molecule has 0 atom stereocenters. The molecular weight excluding hydrogens is 236 g/mol. The molecule has 0 spiro atoms. The van der Waals surface area contributed by atoms with Crippen molar-refractivity contribution >= 4 is 23.4 Å². The van der Waals surface area contributed by atoms with E-state index in [0.29, 0.717) is 25.7 Å². The Labute approximate surface area is 106 Å². The Morgan fingerprint density at radius 1 is 0.722 bits per heavy atom. The summed E-state index contributed by atoms with van der Waals surface area (Å²) in [4.78, 5) is 43.6. The maximum atomic E-state index is 11.2. The van der Waals surface area contributed by atoms with Crippen molar-refractivity contribution in [3.8, 4) is 0 Å². The van der Waals surface area contributed by atoms with Gasteiger partial charge in [-0.25, -0.2) is 0 Å². The minimum atomic E-state index is -0.186. The molecule has 0 heterocycles. The third-order valence-corrected chi connectivity index (χ3v) is 2.13. The highest BCUT2D eigenvalue weighted by molar-refractivity contribution is 5.85.